The minimum absolute atomic E-state index is 0.144. The number of sulfonamides is 1. The maximum absolute atomic E-state index is 14.5. The van der Waals surface area contributed by atoms with Gasteiger partial charge in [-0.15, -0.1) is 0 Å². The van der Waals surface area contributed by atoms with Crippen LogP contribution in [0.3, 0.4) is 0 Å². The lowest BCUT2D eigenvalue weighted by atomic mass is 9.48. The van der Waals surface area contributed by atoms with Crippen molar-refractivity contribution in [1.29, 1.82) is 0 Å². The van der Waals surface area contributed by atoms with Gasteiger partial charge in [0.2, 0.25) is 10.0 Å². The molecule has 6 fully saturated rings. The summed E-state index contributed by atoms with van der Waals surface area (Å²) in [5.41, 5.74) is 3.68. The molecule has 2 aromatic rings. The normalized spacial score (nSPS) is 46.8. The van der Waals surface area contributed by atoms with Crippen molar-refractivity contribution >= 4 is 10.0 Å². The standard InChI is InChI=1S/C28H31NO2S/c1-17-6-8-22(9-7-17)32(30,31)29-27(20-13-18-12-19(15-20)16-21(27)14-18)28(29)25-10-11-26(28)24-5-3-2-4-23(24)25/h2-9,18-21,25-26H,10-16H2,1H3. The van der Waals surface area contributed by atoms with Gasteiger partial charge in [0.1, 0.15) is 0 Å². The maximum atomic E-state index is 14.5. The molecule has 5 saturated carbocycles. The summed E-state index contributed by atoms with van der Waals surface area (Å²) >= 11 is 0. The molecule has 6 aliphatic carbocycles. The Balaban J connectivity index is 1.37. The van der Waals surface area contributed by atoms with E-state index < -0.39 is 10.0 Å². The van der Waals surface area contributed by atoms with Gasteiger partial charge in [-0.3, -0.25) is 0 Å². The molecule has 3 nitrogen and oxygen atoms in total. The number of nitrogens with zero attached hydrogens (tertiary/aromatic N) is 1. The molecule has 3 unspecified atom stereocenters. The minimum atomic E-state index is -3.54. The molecule has 0 aromatic heterocycles. The van der Waals surface area contributed by atoms with Crippen LogP contribution in [0.2, 0.25) is 0 Å². The fourth-order valence-corrected chi connectivity index (χ4v) is 12.6. The van der Waals surface area contributed by atoms with Gasteiger partial charge in [0.15, 0.2) is 0 Å². The van der Waals surface area contributed by atoms with E-state index in [1.165, 1.54) is 43.2 Å². The number of benzene rings is 2. The Morgan fingerprint density at radius 2 is 1.28 bits per heavy atom. The van der Waals surface area contributed by atoms with Crippen molar-refractivity contribution < 1.29 is 8.42 Å². The molecular formula is C28H31NO2S. The van der Waals surface area contributed by atoms with Gasteiger partial charge in [0.25, 0.3) is 0 Å². The van der Waals surface area contributed by atoms with E-state index in [1.807, 2.05) is 31.2 Å². The van der Waals surface area contributed by atoms with Gasteiger partial charge in [0.05, 0.1) is 16.0 Å². The summed E-state index contributed by atoms with van der Waals surface area (Å²) in [6.45, 7) is 2.03. The lowest BCUT2D eigenvalue weighted by molar-refractivity contribution is -0.0327. The van der Waals surface area contributed by atoms with Crippen molar-refractivity contribution in [2.45, 2.75) is 79.7 Å². The third-order valence-corrected chi connectivity index (χ3v) is 12.7. The van der Waals surface area contributed by atoms with Crippen molar-refractivity contribution in [3.63, 3.8) is 0 Å². The summed E-state index contributed by atoms with van der Waals surface area (Å²) in [5, 5.41) is 0. The molecule has 2 spiro atoms. The topological polar surface area (TPSA) is 37.1 Å². The van der Waals surface area contributed by atoms with Crippen LogP contribution in [0.15, 0.2) is 53.4 Å². The summed E-state index contributed by atoms with van der Waals surface area (Å²) in [6.07, 6.45) is 8.71. The van der Waals surface area contributed by atoms with Gasteiger partial charge in [-0.2, -0.15) is 4.31 Å². The summed E-state index contributed by atoms with van der Waals surface area (Å²) < 4.78 is 31.1. The molecule has 2 aromatic carbocycles. The van der Waals surface area contributed by atoms with Crippen LogP contribution in [0.1, 0.15) is 73.5 Å². The largest absolute Gasteiger partial charge is 0.244 e. The van der Waals surface area contributed by atoms with Crippen LogP contribution in [0.4, 0.5) is 0 Å². The zero-order chi connectivity index (χ0) is 21.5. The Labute approximate surface area is 191 Å². The molecular weight excluding hydrogens is 414 g/mol. The van der Waals surface area contributed by atoms with Crippen LogP contribution in [-0.2, 0) is 10.0 Å². The minimum Gasteiger partial charge on any atom is -0.207 e. The second-order valence-electron chi connectivity index (χ2n) is 11.8. The van der Waals surface area contributed by atoms with Gasteiger partial charge in [-0.05, 0) is 98.8 Å². The highest BCUT2D eigenvalue weighted by molar-refractivity contribution is 7.89. The molecule has 6 bridgehead atoms. The number of hydrogen-bond acceptors (Lipinski definition) is 2. The van der Waals surface area contributed by atoms with Gasteiger partial charge < -0.3 is 0 Å². The van der Waals surface area contributed by atoms with E-state index in [4.69, 9.17) is 0 Å². The zero-order valence-corrected chi connectivity index (χ0v) is 19.5. The van der Waals surface area contributed by atoms with E-state index in [0.29, 0.717) is 28.6 Å². The van der Waals surface area contributed by atoms with Crippen LogP contribution in [0, 0.1) is 30.6 Å². The Hall–Kier alpha value is -1.65. The van der Waals surface area contributed by atoms with Crippen LogP contribution in [-0.4, -0.2) is 23.8 Å². The van der Waals surface area contributed by atoms with E-state index in [2.05, 4.69) is 28.6 Å². The van der Waals surface area contributed by atoms with Crippen LogP contribution < -0.4 is 0 Å². The number of hydrogen-bond donors (Lipinski definition) is 0. The zero-order valence-electron chi connectivity index (χ0n) is 18.7. The average Bonchev–Trinajstić information content (AvgIpc) is 3.12. The highest BCUT2D eigenvalue weighted by Gasteiger charge is 2.92. The molecule has 1 saturated heterocycles. The van der Waals surface area contributed by atoms with Crippen molar-refractivity contribution in [3.8, 4) is 0 Å². The fraction of sp³-hybridized carbons (Fsp3) is 0.571. The van der Waals surface area contributed by atoms with Crippen molar-refractivity contribution in [2.24, 2.45) is 23.7 Å². The van der Waals surface area contributed by atoms with Crippen molar-refractivity contribution in [2.75, 3.05) is 0 Å². The lowest BCUT2D eigenvalue weighted by Crippen LogP contribution is -2.55. The maximum Gasteiger partial charge on any atom is 0.244 e. The van der Waals surface area contributed by atoms with Crippen LogP contribution in [0.5, 0.6) is 0 Å². The van der Waals surface area contributed by atoms with Gasteiger partial charge in [-0.25, -0.2) is 8.42 Å². The molecule has 7 aliphatic rings. The Morgan fingerprint density at radius 1 is 0.750 bits per heavy atom. The van der Waals surface area contributed by atoms with Crippen LogP contribution in [0.25, 0.3) is 0 Å². The second-order valence-corrected chi connectivity index (χ2v) is 13.6. The Kier molecular flexibility index (Phi) is 3.34. The van der Waals surface area contributed by atoms with Crippen LogP contribution >= 0.6 is 0 Å². The third kappa shape index (κ3) is 1.84. The second kappa shape index (κ2) is 5.70. The summed E-state index contributed by atoms with van der Waals surface area (Å²) in [6, 6.07) is 16.6. The van der Waals surface area contributed by atoms with E-state index in [0.717, 1.165) is 30.2 Å². The molecule has 166 valence electrons. The number of rotatable bonds is 2. The number of aryl methyl sites for hydroxylation is 1. The van der Waals surface area contributed by atoms with E-state index in [-0.39, 0.29) is 11.1 Å². The molecule has 0 amide bonds. The van der Waals surface area contributed by atoms with E-state index >= 15 is 0 Å². The first-order valence-corrected chi connectivity index (χ1v) is 14.1. The Bertz CT molecular complexity index is 1190. The highest BCUT2D eigenvalue weighted by atomic mass is 32.2. The van der Waals surface area contributed by atoms with Gasteiger partial charge in [-0.1, -0.05) is 42.0 Å². The molecule has 0 radical (unpaired) electrons. The molecule has 3 atom stereocenters. The average molecular weight is 446 g/mol. The summed E-state index contributed by atoms with van der Waals surface area (Å²) in [4.78, 5) is 0.503. The predicted octanol–water partition coefficient (Wildman–Crippen LogP) is 5.61. The monoisotopic (exact) mass is 445 g/mol. The van der Waals surface area contributed by atoms with Crippen molar-refractivity contribution in [3.05, 3.63) is 65.2 Å². The molecule has 0 N–H and O–H groups in total. The number of fused-ring (bicyclic) bond motifs is 3. The molecule has 9 rings (SSSR count). The molecule has 32 heavy (non-hydrogen) atoms. The summed E-state index contributed by atoms with van der Waals surface area (Å²) in [7, 11) is -3.54. The van der Waals surface area contributed by atoms with Gasteiger partial charge >= 0.3 is 0 Å². The SMILES string of the molecule is Cc1ccc(S(=O)(=O)N2C3(C4CC5CC(C4)CC3C5)C23C2CCC3c3ccccc32)cc1. The Morgan fingerprint density at radius 3 is 1.81 bits per heavy atom. The first kappa shape index (κ1) is 18.7. The van der Waals surface area contributed by atoms with Crippen molar-refractivity contribution in [1.82, 2.24) is 4.31 Å². The quantitative estimate of drug-likeness (QED) is 0.564. The molecule has 1 aliphatic heterocycles. The smallest absolute Gasteiger partial charge is 0.207 e. The van der Waals surface area contributed by atoms with E-state index in [9.17, 15) is 8.42 Å². The first-order chi connectivity index (χ1) is 15.5. The highest BCUT2D eigenvalue weighted by Crippen LogP contribution is 2.84. The molecule has 4 heteroatoms. The van der Waals surface area contributed by atoms with E-state index in [1.54, 1.807) is 0 Å². The lowest BCUT2D eigenvalue weighted by Gasteiger charge is -2.56. The van der Waals surface area contributed by atoms with Gasteiger partial charge in [0, 0.05) is 11.8 Å². The third-order valence-electron chi connectivity index (χ3n) is 10.8. The summed E-state index contributed by atoms with van der Waals surface area (Å²) in [5.74, 6) is 3.54. The molecule has 1 heterocycles. The fourth-order valence-electron chi connectivity index (χ4n) is 10.3. The predicted molar refractivity (Wildman–Crippen MR) is 124 cm³/mol. The first-order valence-electron chi connectivity index (χ1n) is 12.7.